The van der Waals surface area contributed by atoms with Crippen LogP contribution in [0.3, 0.4) is 0 Å². The highest BCUT2D eigenvalue weighted by Crippen LogP contribution is 2.20. The SMILES string of the molecule is Nc1nnc(CCCCc2ccc(NC(=O)Cc3ccccc3)nn2)s1.O=C(Cc1ccccc1)Nc1ccc(CCCCc2nnc(NC(=O)Cc3cccc(OC(F)F)c3)s2)nn1. The molecule has 0 spiro atoms. The van der Waals surface area contributed by atoms with E-state index in [1.54, 1.807) is 24.3 Å². The molecule has 4 heterocycles. The first-order chi connectivity index (χ1) is 31.6. The zero-order valence-electron chi connectivity index (χ0n) is 35.1. The smallest absolute Gasteiger partial charge is 0.387 e. The molecular weight excluding hydrogens is 875 g/mol. The van der Waals surface area contributed by atoms with Gasteiger partial charge >= 0.3 is 6.61 Å². The lowest BCUT2D eigenvalue weighted by Crippen LogP contribution is -2.15. The van der Waals surface area contributed by atoms with Gasteiger partial charge in [-0.15, -0.1) is 30.6 Å². The summed E-state index contributed by atoms with van der Waals surface area (Å²) < 4.78 is 29.1. The first-order valence-corrected chi connectivity index (χ1v) is 22.3. The molecule has 4 aromatic heterocycles. The second-order valence-electron chi connectivity index (χ2n) is 14.4. The Kier molecular flexibility index (Phi) is 18.3. The van der Waals surface area contributed by atoms with Crippen LogP contribution in [-0.2, 0) is 59.3 Å². The molecule has 3 amide bonds. The molecular formula is C45H46F2N12O4S2. The molecule has 0 atom stereocenters. The number of anilines is 4. The van der Waals surface area contributed by atoms with E-state index in [-0.39, 0.29) is 36.3 Å². The van der Waals surface area contributed by atoms with Crippen LogP contribution >= 0.6 is 22.7 Å². The first-order valence-electron chi connectivity index (χ1n) is 20.7. The number of hydrogen-bond donors (Lipinski definition) is 4. The number of nitrogens with zero attached hydrogens (tertiary/aromatic N) is 8. The highest BCUT2D eigenvalue weighted by molar-refractivity contribution is 7.15. The number of alkyl halides is 2. The summed E-state index contributed by atoms with van der Waals surface area (Å²) in [7, 11) is 0. The molecule has 0 saturated carbocycles. The van der Waals surface area contributed by atoms with Crippen molar-refractivity contribution in [2.45, 2.75) is 77.2 Å². The normalized spacial score (nSPS) is 10.8. The Bertz CT molecular complexity index is 2550. The van der Waals surface area contributed by atoms with Crippen molar-refractivity contribution in [3.8, 4) is 5.75 Å². The van der Waals surface area contributed by atoms with Gasteiger partial charge in [-0.1, -0.05) is 95.5 Å². The fourth-order valence-corrected chi connectivity index (χ4v) is 7.62. The standard InChI is InChI=1S/C27H26F2N6O3S.C18H20N6OS/c28-26(29)38-21-11-6-9-19(15-21)17-24(37)31-27-35-34-25(39-27)12-5-4-10-20-13-14-22(33-32-20)30-23(36)16-18-7-2-1-3-8-18;19-18-24-23-17(26-18)9-5-4-8-14-10-11-15(22-21-14)20-16(25)12-13-6-2-1-3-7-13/h1-3,6-9,11,13-15,26H,4-5,10,12,16-17H2,(H,30,33,36)(H,31,35,37);1-3,6-7,10-11H,4-5,8-9,12H2,(H2,19,24)(H,20,22,25). The maximum atomic E-state index is 12.4. The van der Waals surface area contributed by atoms with Crippen LogP contribution in [0.15, 0.2) is 109 Å². The largest absolute Gasteiger partial charge is 0.435 e. The fourth-order valence-electron chi connectivity index (χ4n) is 6.17. The van der Waals surface area contributed by atoms with E-state index in [4.69, 9.17) is 5.73 Å². The number of nitrogens with two attached hydrogens (primary N) is 1. The zero-order chi connectivity index (χ0) is 45.6. The molecule has 20 heteroatoms. The highest BCUT2D eigenvalue weighted by Gasteiger charge is 2.12. The van der Waals surface area contributed by atoms with Gasteiger partial charge in [0.1, 0.15) is 15.8 Å². The van der Waals surface area contributed by atoms with Crippen LogP contribution in [0.2, 0.25) is 0 Å². The van der Waals surface area contributed by atoms with Gasteiger partial charge in [-0.25, -0.2) is 0 Å². The van der Waals surface area contributed by atoms with Gasteiger partial charge in [0.25, 0.3) is 0 Å². The Balaban J connectivity index is 0.000000233. The summed E-state index contributed by atoms with van der Waals surface area (Å²) in [5.41, 5.74) is 9.72. The van der Waals surface area contributed by atoms with Crippen molar-refractivity contribution in [3.63, 3.8) is 0 Å². The summed E-state index contributed by atoms with van der Waals surface area (Å²) in [6.07, 6.45) is 7.38. The lowest BCUT2D eigenvalue weighted by Gasteiger charge is -2.06. The van der Waals surface area contributed by atoms with Crippen molar-refractivity contribution in [2.24, 2.45) is 0 Å². The highest BCUT2D eigenvalue weighted by atomic mass is 32.1. The van der Waals surface area contributed by atoms with Gasteiger partial charge in [-0.05, 0) is 91.6 Å². The lowest BCUT2D eigenvalue weighted by molar-refractivity contribution is -0.116. The van der Waals surface area contributed by atoms with Crippen molar-refractivity contribution < 1.29 is 27.9 Å². The summed E-state index contributed by atoms with van der Waals surface area (Å²) in [6, 6.07) is 32.4. The van der Waals surface area contributed by atoms with E-state index in [1.165, 1.54) is 34.8 Å². The lowest BCUT2D eigenvalue weighted by atomic mass is 10.1. The number of aromatic nitrogens is 8. The molecule has 0 unspecified atom stereocenters. The predicted octanol–water partition coefficient (Wildman–Crippen LogP) is 7.51. The van der Waals surface area contributed by atoms with Gasteiger partial charge in [0.2, 0.25) is 28.0 Å². The van der Waals surface area contributed by atoms with Crippen LogP contribution in [-0.4, -0.2) is 65.1 Å². The summed E-state index contributed by atoms with van der Waals surface area (Å²) in [5, 5.41) is 43.3. The number of carbonyl (C=O) groups is 3. The Hall–Kier alpha value is -7.19. The minimum Gasteiger partial charge on any atom is -0.435 e. The maximum absolute atomic E-state index is 12.4. The van der Waals surface area contributed by atoms with E-state index in [0.717, 1.165) is 77.5 Å². The minimum atomic E-state index is -2.92. The second-order valence-corrected chi connectivity index (χ2v) is 16.6. The van der Waals surface area contributed by atoms with Gasteiger partial charge in [-0.2, -0.15) is 19.0 Å². The molecule has 65 heavy (non-hydrogen) atoms. The number of amides is 3. The molecule has 0 fully saturated rings. The number of benzene rings is 3. The predicted molar refractivity (Wildman–Crippen MR) is 245 cm³/mol. The third-order valence-electron chi connectivity index (χ3n) is 9.22. The average molecular weight is 921 g/mol. The number of nitrogens with one attached hydrogen (secondary N) is 3. The van der Waals surface area contributed by atoms with Crippen molar-refractivity contribution in [1.29, 1.82) is 0 Å². The molecule has 0 saturated heterocycles. The Morgan fingerprint density at radius 1 is 0.523 bits per heavy atom. The first kappa shape index (κ1) is 47.3. The number of nitrogen functional groups attached to an aromatic ring is 1. The van der Waals surface area contributed by atoms with Crippen LogP contribution in [0.25, 0.3) is 0 Å². The molecule has 0 aliphatic carbocycles. The van der Waals surface area contributed by atoms with Crippen LogP contribution in [0, 0.1) is 0 Å². The minimum absolute atomic E-state index is 0.000953. The van der Waals surface area contributed by atoms with E-state index >= 15 is 0 Å². The van der Waals surface area contributed by atoms with Crippen LogP contribution in [0.5, 0.6) is 5.75 Å². The van der Waals surface area contributed by atoms with E-state index in [9.17, 15) is 23.2 Å². The zero-order valence-corrected chi connectivity index (χ0v) is 36.7. The molecule has 336 valence electrons. The Morgan fingerprint density at radius 2 is 1.02 bits per heavy atom. The fraction of sp³-hybridized carbons (Fsp3) is 0.267. The van der Waals surface area contributed by atoms with Crippen molar-refractivity contribution in [1.82, 2.24) is 40.8 Å². The van der Waals surface area contributed by atoms with Gasteiger partial charge < -0.3 is 26.4 Å². The summed E-state index contributed by atoms with van der Waals surface area (Å²) in [5.74, 6) is 0.307. The summed E-state index contributed by atoms with van der Waals surface area (Å²) in [6.45, 7) is -2.92. The van der Waals surface area contributed by atoms with E-state index in [2.05, 4.69) is 61.5 Å². The van der Waals surface area contributed by atoms with Gasteiger partial charge in [-0.3, -0.25) is 14.4 Å². The number of aryl methyl sites for hydroxylation is 4. The molecule has 7 aromatic rings. The van der Waals surface area contributed by atoms with Gasteiger partial charge in [0.05, 0.1) is 30.7 Å². The molecule has 0 bridgehead atoms. The van der Waals surface area contributed by atoms with E-state index in [1.807, 2.05) is 72.8 Å². The number of halogens is 2. The van der Waals surface area contributed by atoms with Crippen molar-refractivity contribution in [3.05, 3.63) is 147 Å². The summed E-state index contributed by atoms with van der Waals surface area (Å²) >= 11 is 2.72. The number of carbonyl (C=O) groups excluding carboxylic acids is 3. The van der Waals surface area contributed by atoms with Crippen molar-refractivity contribution >= 4 is 62.3 Å². The number of unbranched alkanes of at least 4 members (excludes halogenated alkanes) is 2. The second kappa shape index (κ2) is 25.2. The third kappa shape index (κ3) is 17.5. The monoisotopic (exact) mass is 920 g/mol. The van der Waals surface area contributed by atoms with E-state index in [0.29, 0.717) is 40.3 Å². The van der Waals surface area contributed by atoms with Crippen LogP contribution in [0.1, 0.15) is 63.8 Å². The molecule has 5 N–H and O–H groups in total. The molecule has 0 aliphatic heterocycles. The summed E-state index contributed by atoms with van der Waals surface area (Å²) in [4.78, 5) is 36.5. The molecule has 3 aromatic carbocycles. The van der Waals surface area contributed by atoms with Crippen LogP contribution < -0.4 is 26.4 Å². The number of rotatable bonds is 21. The third-order valence-corrected chi connectivity index (χ3v) is 10.9. The topological polar surface area (TPSA) is 226 Å². The quantitative estimate of drug-likeness (QED) is 0.0513. The number of ether oxygens (including phenoxy) is 1. The maximum Gasteiger partial charge on any atom is 0.387 e. The average Bonchev–Trinajstić information content (AvgIpc) is 3.93. The Labute approximate surface area is 381 Å². The molecule has 16 nitrogen and oxygen atoms in total. The van der Waals surface area contributed by atoms with Gasteiger partial charge in [0.15, 0.2) is 11.6 Å². The molecule has 0 radical (unpaired) electrons. The molecule has 7 rings (SSSR count). The molecule has 0 aliphatic rings. The number of hydrogen-bond acceptors (Lipinski definition) is 15. The van der Waals surface area contributed by atoms with Gasteiger partial charge in [0, 0.05) is 12.8 Å². The Morgan fingerprint density at radius 3 is 1.52 bits per heavy atom. The van der Waals surface area contributed by atoms with Crippen LogP contribution in [0.4, 0.5) is 30.7 Å². The van der Waals surface area contributed by atoms with Crippen molar-refractivity contribution in [2.75, 3.05) is 21.7 Å². The van der Waals surface area contributed by atoms with E-state index < -0.39 is 6.61 Å².